The number of ether oxygens (including phenoxy) is 2. The van der Waals surface area contributed by atoms with Crippen molar-refractivity contribution in [1.82, 2.24) is 0 Å². The topological polar surface area (TPSA) is 18.5 Å². The van der Waals surface area contributed by atoms with Crippen LogP contribution in [0.2, 0.25) is 0 Å². The molecule has 1 rings (SSSR count). The summed E-state index contributed by atoms with van der Waals surface area (Å²) in [6, 6.07) is 12.5. The quantitative estimate of drug-likeness (QED) is 0.481. The summed E-state index contributed by atoms with van der Waals surface area (Å²) in [5.74, 6) is 0. The Bertz CT molecular complexity index is 143. The van der Waals surface area contributed by atoms with Crippen molar-refractivity contribution in [2.24, 2.45) is 0 Å². The molecule has 2 nitrogen and oxygen atoms in total. The fourth-order valence-corrected chi connectivity index (χ4v) is 0.526. The first kappa shape index (κ1) is 20.8. The molecule has 0 fully saturated rings. The second-order valence-corrected chi connectivity index (χ2v) is 2.08. The second-order valence-electron chi connectivity index (χ2n) is 2.08. The molecule has 0 N–H and O–H groups in total. The zero-order valence-corrected chi connectivity index (χ0v) is 12.4. The van der Waals surface area contributed by atoms with E-state index in [1.165, 1.54) is 6.79 Å². The van der Waals surface area contributed by atoms with Crippen LogP contribution in [-0.4, -0.2) is 36.3 Å². The molecule has 82 valence electrons. The van der Waals surface area contributed by atoms with Gasteiger partial charge in [0.25, 0.3) is 0 Å². The number of rotatable bonds is 4. The molecule has 1 aromatic rings. The van der Waals surface area contributed by atoms with E-state index < -0.39 is 0 Å². The van der Waals surface area contributed by atoms with Crippen LogP contribution < -0.4 is 0 Å². The van der Waals surface area contributed by atoms with Crippen molar-refractivity contribution in [2.45, 2.75) is 13.8 Å². The fourth-order valence-electron chi connectivity index (χ4n) is 0.526. The normalized spacial score (nSPS) is 7.60. The van der Waals surface area contributed by atoms with E-state index in [1.807, 2.05) is 44.2 Å². The van der Waals surface area contributed by atoms with Crippen molar-refractivity contribution in [3.63, 3.8) is 0 Å². The molecule has 4 heteroatoms. The third kappa shape index (κ3) is 20.5. The molecule has 0 unspecified atom stereocenters. The average molecular weight is 285 g/mol. The van der Waals surface area contributed by atoms with Crippen LogP contribution in [0.5, 0.6) is 0 Å². The van der Waals surface area contributed by atoms with E-state index in [0.29, 0.717) is 13.2 Å². The van der Waals surface area contributed by atoms with E-state index in [9.17, 15) is 0 Å². The predicted molar refractivity (Wildman–Crippen MR) is 68.9 cm³/mol. The van der Waals surface area contributed by atoms with E-state index in [0.717, 1.165) is 0 Å². The molecule has 0 radical (unpaired) electrons. The number of hydrogen-bond donors (Lipinski definition) is 0. The molecule has 1 aromatic carbocycles. The Kier molecular flexibility index (Phi) is 27.5. The first-order valence-electron chi connectivity index (χ1n) is 4.37. The van der Waals surface area contributed by atoms with Gasteiger partial charge in [-0.15, -0.1) is 17.0 Å². The maximum absolute atomic E-state index is 4.73. The summed E-state index contributed by atoms with van der Waals surface area (Å²) in [5, 5.41) is 0. The van der Waals surface area contributed by atoms with E-state index >= 15 is 0 Å². The van der Waals surface area contributed by atoms with Gasteiger partial charge >= 0.3 is 23.1 Å². The standard InChI is InChI=1S/C6H5.C5H11O2.BrH.Mg/c1-2-4-6-5-3-1;1-3-6-5-7-4-2;;/h1-5H;5H,3-4H2,1-2H3;1H;/q2*-1;;+2. The van der Waals surface area contributed by atoms with Gasteiger partial charge in [0.15, 0.2) is 0 Å². The van der Waals surface area contributed by atoms with E-state index in [-0.39, 0.29) is 40.0 Å². The molecule has 0 amide bonds. The Morgan fingerprint density at radius 3 is 1.67 bits per heavy atom. The molecule has 0 bridgehead atoms. The predicted octanol–water partition coefficient (Wildman–Crippen LogP) is 2.86. The van der Waals surface area contributed by atoms with Crippen LogP contribution in [0, 0.1) is 12.9 Å². The van der Waals surface area contributed by atoms with Gasteiger partial charge in [-0.05, 0) is 13.8 Å². The first-order chi connectivity index (χ1) is 6.41. The number of halogens is 1. The largest absolute Gasteiger partial charge is 2.00 e. The van der Waals surface area contributed by atoms with Gasteiger partial charge in [0.2, 0.25) is 0 Å². The summed E-state index contributed by atoms with van der Waals surface area (Å²) < 4.78 is 9.45. The molecule has 0 saturated heterocycles. The molecule has 15 heavy (non-hydrogen) atoms. The Hall–Kier alpha value is 0.386. The van der Waals surface area contributed by atoms with Gasteiger partial charge in [0.1, 0.15) is 0 Å². The van der Waals surface area contributed by atoms with Gasteiger partial charge in [-0.25, -0.2) is 0 Å². The molecule has 0 aliphatic heterocycles. The van der Waals surface area contributed by atoms with Crippen LogP contribution in [0.3, 0.4) is 0 Å². The molecular weight excluding hydrogens is 268 g/mol. The van der Waals surface area contributed by atoms with Crippen molar-refractivity contribution in [1.29, 1.82) is 0 Å². The smallest absolute Gasteiger partial charge is 0.525 e. The van der Waals surface area contributed by atoms with E-state index in [1.54, 1.807) is 0 Å². The van der Waals surface area contributed by atoms with Crippen molar-refractivity contribution in [2.75, 3.05) is 13.2 Å². The van der Waals surface area contributed by atoms with Gasteiger partial charge < -0.3 is 9.47 Å². The van der Waals surface area contributed by atoms with Gasteiger partial charge in [0, 0.05) is 13.2 Å². The molecule has 0 spiro atoms. The summed E-state index contributed by atoms with van der Waals surface area (Å²) in [6.07, 6.45) is 0. The second kappa shape index (κ2) is 19.9. The van der Waals surface area contributed by atoms with Gasteiger partial charge in [-0.1, -0.05) is 6.79 Å². The minimum absolute atomic E-state index is 0. The van der Waals surface area contributed by atoms with Crippen LogP contribution in [0.25, 0.3) is 0 Å². The third-order valence-corrected chi connectivity index (χ3v) is 1.08. The van der Waals surface area contributed by atoms with Crippen molar-refractivity contribution in [3.8, 4) is 0 Å². The summed E-state index contributed by atoms with van der Waals surface area (Å²) in [4.78, 5) is 0. The Balaban J connectivity index is -0.000000170. The SMILES string of the molecule is Br.CCO[CH-]OCC.[Mg+2].[c-]1ccccc1. The molecule has 0 saturated carbocycles. The van der Waals surface area contributed by atoms with Crippen molar-refractivity contribution >= 4 is 40.0 Å². The maximum atomic E-state index is 4.73. The summed E-state index contributed by atoms with van der Waals surface area (Å²) in [6.45, 7) is 6.55. The van der Waals surface area contributed by atoms with Gasteiger partial charge in [-0.2, -0.15) is 36.4 Å². The number of benzene rings is 1. The molecule has 0 aromatic heterocycles. The molecule has 0 heterocycles. The Morgan fingerprint density at radius 1 is 1.00 bits per heavy atom. The monoisotopic (exact) mass is 284 g/mol. The van der Waals surface area contributed by atoms with Gasteiger partial charge in [-0.3, -0.25) is 0 Å². The minimum Gasteiger partial charge on any atom is -0.525 e. The van der Waals surface area contributed by atoms with Crippen LogP contribution in [0.1, 0.15) is 13.8 Å². The molecular formula is C11H17BrMgO2. The minimum atomic E-state index is 0. The van der Waals surface area contributed by atoms with Crippen molar-refractivity contribution in [3.05, 3.63) is 43.2 Å². The summed E-state index contributed by atoms with van der Waals surface area (Å²) in [5.41, 5.74) is 0. The Morgan fingerprint density at radius 2 is 1.47 bits per heavy atom. The van der Waals surface area contributed by atoms with Crippen LogP contribution in [0.4, 0.5) is 0 Å². The molecule has 0 atom stereocenters. The zero-order valence-electron chi connectivity index (χ0n) is 9.31. The van der Waals surface area contributed by atoms with E-state index in [2.05, 4.69) is 6.07 Å². The van der Waals surface area contributed by atoms with Gasteiger partial charge in [0.05, 0.1) is 0 Å². The fraction of sp³-hybridized carbons (Fsp3) is 0.364. The Labute approximate surface area is 119 Å². The third-order valence-electron chi connectivity index (χ3n) is 1.08. The average Bonchev–Trinajstić information content (AvgIpc) is 2.22. The van der Waals surface area contributed by atoms with Crippen LogP contribution in [0.15, 0.2) is 30.3 Å². The number of hydrogen-bond acceptors (Lipinski definition) is 2. The molecule has 0 aliphatic carbocycles. The maximum Gasteiger partial charge on any atom is 2.00 e. The zero-order chi connectivity index (χ0) is 9.78. The first-order valence-corrected chi connectivity index (χ1v) is 4.37. The molecule has 0 aliphatic rings. The van der Waals surface area contributed by atoms with Crippen molar-refractivity contribution < 1.29 is 9.47 Å². The summed E-state index contributed by atoms with van der Waals surface area (Å²) >= 11 is 0. The summed E-state index contributed by atoms with van der Waals surface area (Å²) in [7, 11) is 0. The van der Waals surface area contributed by atoms with Crippen LogP contribution in [-0.2, 0) is 9.47 Å². The van der Waals surface area contributed by atoms with Crippen LogP contribution >= 0.6 is 17.0 Å². The van der Waals surface area contributed by atoms with E-state index in [4.69, 9.17) is 9.47 Å².